The van der Waals surface area contributed by atoms with Crippen molar-refractivity contribution in [1.82, 2.24) is 5.32 Å². The summed E-state index contributed by atoms with van der Waals surface area (Å²) < 4.78 is 52.8. The van der Waals surface area contributed by atoms with Crippen molar-refractivity contribution in [1.29, 1.82) is 0 Å². The van der Waals surface area contributed by atoms with Gasteiger partial charge in [0, 0.05) is 12.1 Å². The zero-order chi connectivity index (χ0) is 20.7. The van der Waals surface area contributed by atoms with E-state index in [-0.39, 0.29) is 12.1 Å². The molecule has 0 atom stereocenters. The molecule has 0 aliphatic heterocycles. The van der Waals surface area contributed by atoms with E-state index in [9.17, 15) is 22.8 Å². The van der Waals surface area contributed by atoms with Crippen molar-refractivity contribution in [3.05, 3.63) is 59.2 Å². The second-order valence-electron chi connectivity index (χ2n) is 5.58. The lowest BCUT2D eigenvalue weighted by atomic mass is 10.1. The number of carbonyl (C=O) groups excluding carboxylic acids is 2. The normalized spacial score (nSPS) is 10.9. The van der Waals surface area contributed by atoms with Crippen LogP contribution in [-0.4, -0.2) is 32.7 Å². The van der Waals surface area contributed by atoms with Crippen LogP contribution in [-0.2, 0) is 22.3 Å². The van der Waals surface area contributed by atoms with Gasteiger partial charge in [0.05, 0.1) is 25.3 Å². The summed E-state index contributed by atoms with van der Waals surface area (Å²) in [5.74, 6) is -0.511. The molecule has 0 aliphatic rings. The van der Waals surface area contributed by atoms with Gasteiger partial charge in [-0.2, -0.15) is 13.2 Å². The van der Waals surface area contributed by atoms with Gasteiger partial charge < -0.3 is 19.5 Å². The molecule has 2 aromatic rings. The summed E-state index contributed by atoms with van der Waals surface area (Å²) in [5, 5.41) is 2.56. The Hall–Kier alpha value is -3.23. The quantitative estimate of drug-likeness (QED) is 0.727. The number of halogens is 3. The highest BCUT2D eigenvalue weighted by Gasteiger charge is 2.30. The molecule has 0 heterocycles. The number of hydrogen-bond donors (Lipinski definition) is 1. The van der Waals surface area contributed by atoms with Gasteiger partial charge in [0.25, 0.3) is 5.91 Å². The van der Waals surface area contributed by atoms with Gasteiger partial charge in [-0.1, -0.05) is 12.1 Å². The standard InChI is InChI=1S/C19H18F3NO5/c1-26-15-5-3-4-13(17(15)27-2)10-23-16(24)11-28-18(25)12-6-8-14(9-7-12)19(20,21)22/h3-9H,10-11H2,1-2H3,(H,23,24). The number of alkyl halides is 3. The van der Waals surface area contributed by atoms with E-state index in [1.54, 1.807) is 18.2 Å². The molecule has 0 bridgehead atoms. The topological polar surface area (TPSA) is 73.9 Å². The number of benzene rings is 2. The lowest BCUT2D eigenvalue weighted by molar-refractivity contribution is -0.137. The molecular weight excluding hydrogens is 379 g/mol. The molecule has 2 aromatic carbocycles. The van der Waals surface area contributed by atoms with Crippen LogP contribution in [0.1, 0.15) is 21.5 Å². The Balaban J connectivity index is 1.88. The molecule has 0 fully saturated rings. The van der Waals surface area contributed by atoms with Crippen LogP contribution < -0.4 is 14.8 Å². The van der Waals surface area contributed by atoms with E-state index < -0.39 is 30.2 Å². The number of methoxy groups -OCH3 is 2. The van der Waals surface area contributed by atoms with Crippen molar-refractivity contribution in [3.8, 4) is 11.5 Å². The minimum Gasteiger partial charge on any atom is -0.493 e. The number of rotatable bonds is 7. The summed E-state index contributed by atoms with van der Waals surface area (Å²) in [4.78, 5) is 23.7. The van der Waals surface area contributed by atoms with Crippen molar-refractivity contribution in [3.63, 3.8) is 0 Å². The second kappa shape index (κ2) is 9.12. The van der Waals surface area contributed by atoms with Crippen molar-refractivity contribution in [2.75, 3.05) is 20.8 Å². The fourth-order valence-corrected chi connectivity index (χ4v) is 2.35. The minimum atomic E-state index is -4.50. The molecule has 0 aromatic heterocycles. The van der Waals surface area contributed by atoms with Crippen molar-refractivity contribution < 1.29 is 37.0 Å². The van der Waals surface area contributed by atoms with Crippen LogP contribution >= 0.6 is 0 Å². The first-order chi connectivity index (χ1) is 13.3. The van der Waals surface area contributed by atoms with Gasteiger partial charge in [0.2, 0.25) is 0 Å². The molecule has 0 aliphatic carbocycles. The summed E-state index contributed by atoms with van der Waals surface area (Å²) in [5.41, 5.74) is -0.312. The molecule has 0 unspecified atom stereocenters. The smallest absolute Gasteiger partial charge is 0.416 e. The molecular formula is C19H18F3NO5. The third kappa shape index (κ3) is 5.38. The summed E-state index contributed by atoms with van der Waals surface area (Å²) in [6.45, 7) is -0.469. The third-order valence-corrected chi connectivity index (χ3v) is 3.74. The highest BCUT2D eigenvalue weighted by molar-refractivity contribution is 5.91. The molecule has 28 heavy (non-hydrogen) atoms. The Bertz CT molecular complexity index is 834. The summed E-state index contributed by atoms with van der Waals surface area (Å²) in [7, 11) is 2.95. The summed E-state index contributed by atoms with van der Waals surface area (Å²) in [6.07, 6.45) is -4.50. The molecule has 0 saturated heterocycles. The van der Waals surface area contributed by atoms with Crippen LogP contribution in [0, 0.1) is 0 Å². The first-order valence-corrected chi connectivity index (χ1v) is 8.07. The molecule has 0 spiro atoms. The van der Waals surface area contributed by atoms with Gasteiger partial charge in [-0.25, -0.2) is 4.79 Å². The number of ether oxygens (including phenoxy) is 3. The number of para-hydroxylation sites is 1. The Kier molecular flexibility index (Phi) is 6.86. The number of amides is 1. The highest BCUT2D eigenvalue weighted by Crippen LogP contribution is 2.30. The van der Waals surface area contributed by atoms with Crippen LogP contribution in [0.3, 0.4) is 0 Å². The van der Waals surface area contributed by atoms with Gasteiger partial charge in [0.15, 0.2) is 18.1 Å². The maximum absolute atomic E-state index is 12.5. The maximum Gasteiger partial charge on any atom is 0.416 e. The molecule has 1 N–H and O–H groups in total. The zero-order valence-corrected chi connectivity index (χ0v) is 15.1. The monoisotopic (exact) mass is 397 g/mol. The van der Waals surface area contributed by atoms with E-state index in [1.165, 1.54) is 14.2 Å². The predicted octanol–water partition coefficient (Wildman–Crippen LogP) is 3.20. The molecule has 2 rings (SSSR count). The lowest BCUT2D eigenvalue weighted by Crippen LogP contribution is -2.28. The fraction of sp³-hybridized carbons (Fsp3) is 0.263. The van der Waals surface area contributed by atoms with Gasteiger partial charge in [-0.05, 0) is 30.3 Å². The van der Waals surface area contributed by atoms with Gasteiger partial charge in [-0.3, -0.25) is 4.79 Å². The minimum absolute atomic E-state index is 0.0877. The average Bonchev–Trinajstić information content (AvgIpc) is 2.69. The van der Waals surface area contributed by atoms with E-state index in [0.717, 1.165) is 24.3 Å². The van der Waals surface area contributed by atoms with Crippen molar-refractivity contribution in [2.45, 2.75) is 12.7 Å². The molecule has 6 nitrogen and oxygen atoms in total. The SMILES string of the molecule is COc1cccc(CNC(=O)COC(=O)c2ccc(C(F)(F)F)cc2)c1OC. The molecule has 0 radical (unpaired) electrons. The largest absolute Gasteiger partial charge is 0.493 e. The van der Waals surface area contributed by atoms with E-state index in [1.807, 2.05) is 0 Å². The van der Waals surface area contributed by atoms with Crippen LogP contribution in [0.5, 0.6) is 11.5 Å². The molecule has 1 amide bonds. The Morgan fingerprint density at radius 1 is 1.00 bits per heavy atom. The van der Waals surface area contributed by atoms with Gasteiger partial charge in [-0.15, -0.1) is 0 Å². The van der Waals surface area contributed by atoms with E-state index in [4.69, 9.17) is 14.2 Å². The number of esters is 1. The van der Waals surface area contributed by atoms with Gasteiger partial charge >= 0.3 is 12.1 Å². The number of carbonyl (C=O) groups is 2. The van der Waals surface area contributed by atoms with Crippen LogP contribution in [0.25, 0.3) is 0 Å². The first-order valence-electron chi connectivity index (χ1n) is 8.07. The molecule has 9 heteroatoms. The van der Waals surface area contributed by atoms with E-state index in [2.05, 4.69) is 5.32 Å². The average molecular weight is 397 g/mol. The maximum atomic E-state index is 12.5. The van der Waals surface area contributed by atoms with Crippen molar-refractivity contribution >= 4 is 11.9 Å². The molecule has 0 saturated carbocycles. The predicted molar refractivity (Wildman–Crippen MR) is 93.1 cm³/mol. The van der Waals surface area contributed by atoms with Gasteiger partial charge in [0.1, 0.15) is 0 Å². The lowest BCUT2D eigenvalue weighted by Gasteiger charge is -2.13. The summed E-state index contributed by atoms with van der Waals surface area (Å²) >= 11 is 0. The first kappa shape index (κ1) is 21.1. The Labute approximate surface area is 159 Å². The van der Waals surface area contributed by atoms with E-state index >= 15 is 0 Å². The van der Waals surface area contributed by atoms with Crippen LogP contribution in [0.15, 0.2) is 42.5 Å². The number of nitrogens with one attached hydrogen (secondary N) is 1. The van der Waals surface area contributed by atoms with Crippen LogP contribution in [0.4, 0.5) is 13.2 Å². The summed E-state index contributed by atoms with van der Waals surface area (Å²) in [6, 6.07) is 8.69. The highest BCUT2D eigenvalue weighted by atomic mass is 19.4. The second-order valence-corrected chi connectivity index (χ2v) is 5.58. The zero-order valence-electron chi connectivity index (χ0n) is 15.1. The van der Waals surface area contributed by atoms with E-state index in [0.29, 0.717) is 17.1 Å². The number of hydrogen-bond acceptors (Lipinski definition) is 5. The van der Waals surface area contributed by atoms with Crippen LogP contribution in [0.2, 0.25) is 0 Å². The Morgan fingerprint density at radius 2 is 1.68 bits per heavy atom. The third-order valence-electron chi connectivity index (χ3n) is 3.74. The fourth-order valence-electron chi connectivity index (χ4n) is 2.35. The molecule has 150 valence electrons. The Morgan fingerprint density at radius 3 is 2.25 bits per heavy atom. The van der Waals surface area contributed by atoms with Crippen molar-refractivity contribution in [2.24, 2.45) is 0 Å².